The van der Waals surface area contributed by atoms with E-state index in [1.54, 1.807) is 6.07 Å². The highest BCUT2D eigenvalue weighted by Crippen LogP contribution is 2.17. The zero-order valence-corrected chi connectivity index (χ0v) is 11.6. The van der Waals surface area contributed by atoms with E-state index >= 15 is 0 Å². The molecule has 0 aliphatic rings. The Balaban J connectivity index is 2.54. The Morgan fingerprint density at radius 1 is 1.37 bits per heavy atom. The molecule has 1 unspecified atom stereocenters. The molecule has 5 heteroatoms. The predicted molar refractivity (Wildman–Crippen MR) is 70.8 cm³/mol. The standard InChI is InChI=1S/C14H21NO4/c1-4-5-11(9(2)3)13(16)15-8-10-6-7-12(19-10)14(17)18/h6-7,9,11H,4-5,8H2,1-3H3,(H,15,16)(H,17,18). The number of aromatic carboxylic acids is 1. The summed E-state index contributed by atoms with van der Waals surface area (Å²) in [7, 11) is 0. The van der Waals surface area contributed by atoms with Gasteiger partial charge in [0.05, 0.1) is 6.54 Å². The van der Waals surface area contributed by atoms with Crippen molar-refractivity contribution >= 4 is 11.9 Å². The van der Waals surface area contributed by atoms with Gasteiger partial charge >= 0.3 is 5.97 Å². The van der Waals surface area contributed by atoms with Crippen molar-refractivity contribution in [3.8, 4) is 0 Å². The Bertz CT molecular complexity index is 436. The second-order valence-corrected chi connectivity index (χ2v) is 4.93. The van der Waals surface area contributed by atoms with Crippen LogP contribution in [0, 0.1) is 11.8 Å². The molecule has 1 atom stereocenters. The van der Waals surface area contributed by atoms with E-state index in [4.69, 9.17) is 9.52 Å². The lowest BCUT2D eigenvalue weighted by atomic mass is 9.90. The van der Waals surface area contributed by atoms with E-state index in [2.05, 4.69) is 5.32 Å². The third-order valence-corrected chi connectivity index (χ3v) is 3.05. The normalized spacial score (nSPS) is 12.4. The molecule has 2 N–H and O–H groups in total. The van der Waals surface area contributed by atoms with Crippen LogP contribution in [0.5, 0.6) is 0 Å². The fraction of sp³-hybridized carbons (Fsp3) is 0.571. The van der Waals surface area contributed by atoms with E-state index < -0.39 is 5.97 Å². The third kappa shape index (κ3) is 4.43. The zero-order valence-electron chi connectivity index (χ0n) is 11.6. The van der Waals surface area contributed by atoms with E-state index in [0.29, 0.717) is 5.76 Å². The van der Waals surface area contributed by atoms with Crippen LogP contribution >= 0.6 is 0 Å². The molecule has 1 heterocycles. The average molecular weight is 267 g/mol. The Hall–Kier alpha value is -1.78. The van der Waals surface area contributed by atoms with Crippen molar-refractivity contribution < 1.29 is 19.1 Å². The highest BCUT2D eigenvalue weighted by atomic mass is 16.4. The Labute approximate surface area is 113 Å². The smallest absolute Gasteiger partial charge is 0.371 e. The SMILES string of the molecule is CCCC(C(=O)NCc1ccc(C(=O)O)o1)C(C)C. The second-order valence-electron chi connectivity index (χ2n) is 4.93. The van der Waals surface area contributed by atoms with E-state index in [1.165, 1.54) is 6.07 Å². The topological polar surface area (TPSA) is 79.5 Å². The van der Waals surface area contributed by atoms with Crippen LogP contribution in [0.15, 0.2) is 16.5 Å². The number of amides is 1. The van der Waals surface area contributed by atoms with Crippen LogP contribution in [0.4, 0.5) is 0 Å². The largest absolute Gasteiger partial charge is 0.475 e. The van der Waals surface area contributed by atoms with Crippen LogP contribution in [0.25, 0.3) is 0 Å². The van der Waals surface area contributed by atoms with Crippen LogP contribution in [-0.4, -0.2) is 17.0 Å². The number of carbonyl (C=O) groups excluding carboxylic acids is 1. The van der Waals surface area contributed by atoms with Gasteiger partial charge in [-0.25, -0.2) is 4.79 Å². The van der Waals surface area contributed by atoms with Crippen molar-refractivity contribution in [2.24, 2.45) is 11.8 Å². The number of nitrogens with one attached hydrogen (secondary N) is 1. The summed E-state index contributed by atoms with van der Waals surface area (Å²) in [4.78, 5) is 22.7. The number of carboxylic acids is 1. The molecule has 1 amide bonds. The first kappa shape index (κ1) is 15.3. The van der Waals surface area contributed by atoms with Gasteiger partial charge in [0.15, 0.2) is 0 Å². The summed E-state index contributed by atoms with van der Waals surface area (Å²) in [5.74, 6) is -0.512. The molecule has 1 aromatic rings. The van der Waals surface area contributed by atoms with Crippen molar-refractivity contribution in [2.75, 3.05) is 0 Å². The molecule has 0 aromatic carbocycles. The minimum absolute atomic E-state index is 0.00914. The maximum Gasteiger partial charge on any atom is 0.371 e. The number of carbonyl (C=O) groups is 2. The van der Waals surface area contributed by atoms with Gasteiger partial charge in [-0.3, -0.25) is 4.79 Å². The van der Waals surface area contributed by atoms with Gasteiger partial charge in [0.2, 0.25) is 11.7 Å². The first-order valence-electron chi connectivity index (χ1n) is 6.55. The van der Waals surface area contributed by atoms with E-state index in [0.717, 1.165) is 12.8 Å². The highest BCUT2D eigenvalue weighted by molar-refractivity contribution is 5.84. The third-order valence-electron chi connectivity index (χ3n) is 3.05. The summed E-state index contributed by atoms with van der Waals surface area (Å²) in [6, 6.07) is 2.95. The molecule has 0 aliphatic carbocycles. The molecular weight excluding hydrogens is 246 g/mol. The number of hydrogen-bond acceptors (Lipinski definition) is 3. The molecular formula is C14H21NO4. The Morgan fingerprint density at radius 2 is 2.05 bits per heavy atom. The van der Waals surface area contributed by atoms with Crippen LogP contribution in [-0.2, 0) is 11.3 Å². The maximum absolute atomic E-state index is 12.0. The second kappa shape index (κ2) is 6.97. The summed E-state index contributed by atoms with van der Waals surface area (Å²) < 4.78 is 5.08. The summed E-state index contributed by atoms with van der Waals surface area (Å²) in [6.45, 7) is 6.32. The van der Waals surface area contributed by atoms with Gasteiger partial charge in [-0.1, -0.05) is 27.2 Å². The molecule has 0 aliphatic heterocycles. The number of furan rings is 1. The monoisotopic (exact) mass is 267 g/mol. The number of rotatable bonds is 7. The molecule has 106 valence electrons. The number of carboxylic acid groups (broad SMARTS) is 1. The Morgan fingerprint density at radius 3 is 2.53 bits per heavy atom. The van der Waals surface area contributed by atoms with Crippen molar-refractivity contribution in [1.29, 1.82) is 0 Å². The lowest BCUT2D eigenvalue weighted by Gasteiger charge is -2.19. The van der Waals surface area contributed by atoms with Crippen LogP contribution in [0.3, 0.4) is 0 Å². The highest BCUT2D eigenvalue weighted by Gasteiger charge is 2.21. The molecule has 0 saturated carbocycles. The molecule has 1 aromatic heterocycles. The van der Waals surface area contributed by atoms with Crippen molar-refractivity contribution in [1.82, 2.24) is 5.32 Å². The van der Waals surface area contributed by atoms with Crippen LogP contribution < -0.4 is 5.32 Å². The van der Waals surface area contributed by atoms with E-state index in [9.17, 15) is 9.59 Å². The first-order valence-corrected chi connectivity index (χ1v) is 6.55. The lowest BCUT2D eigenvalue weighted by Crippen LogP contribution is -2.33. The Kier molecular flexibility index (Phi) is 5.60. The van der Waals surface area contributed by atoms with Gasteiger partial charge in [0.1, 0.15) is 5.76 Å². The first-order chi connectivity index (χ1) is 8.95. The molecule has 0 saturated heterocycles. The molecule has 5 nitrogen and oxygen atoms in total. The minimum Gasteiger partial charge on any atom is -0.475 e. The molecule has 0 fully saturated rings. The summed E-state index contributed by atoms with van der Waals surface area (Å²) in [6.07, 6.45) is 1.81. The lowest BCUT2D eigenvalue weighted by molar-refractivity contribution is -0.126. The van der Waals surface area contributed by atoms with Crippen LogP contribution in [0.2, 0.25) is 0 Å². The molecule has 19 heavy (non-hydrogen) atoms. The van der Waals surface area contributed by atoms with Gasteiger partial charge in [0, 0.05) is 5.92 Å². The maximum atomic E-state index is 12.0. The predicted octanol–water partition coefficient (Wildman–Crippen LogP) is 2.67. The van der Waals surface area contributed by atoms with Crippen LogP contribution in [0.1, 0.15) is 49.9 Å². The quantitative estimate of drug-likeness (QED) is 0.796. The summed E-state index contributed by atoms with van der Waals surface area (Å²) >= 11 is 0. The molecule has 0 radical (unpaired) electrons. The van der Waals surface area contributed by atoms with Crippen molar-refractivity contribution in [3.63, 3.8) is 0 Å². The van der Waals surface area contributed by atoms with E-state index in [-0.39, 0.29) is 30.0 Å². The fourth-order valence-corrected chi connectivity index (χ4v) is 1.97. The van der Waals surface area contributed by atoms with E-state index in [1.807, 2.05) is 20.8 Å². The molecule has 0 spiro atoms. The van der Waals surface area contributed by atoms with Crippen molar-refractivity contribution in [3.05, 3.63) is 23.7 Å². The zero-order chi connectivity index (χ0) is 14.4. The molecule has 0 bridgehead atoms. The number of hydrogen-bond donors (Lipinski definition) is 2. The molecule has 1 rings (SSSR count). The van der Waals surface area contributed by atoms with Gasteiger partial charge in [0.25, 0.3) is 0 Å². The van der Waals surface area contributed by atoms with Gasteiger partial charge in [-0.2, -0.15) is 0 Å². The average Bonchev–Trinajstić information content (AvgIpc) is 2.81. The van der Waals surface area contributed by atoms with Gasteiger partial charge < -0.3 is 14.8 Å². The summed E-state index contributed by atoms with van der Waals surface area (Å²) in [5, 5.41) is 11.5. The fourth-order valence-electron chi connectivity index (χ4n) is 1.97. The summed E-state index contributed by atoms with van der Waals surface area (Å²) in [5.41, 5.74) is 0. The van der Waals surface area contributed by atoms with Gasteiger partial charge in [-0.15, -0.1) is 0 Å². The minimum atomic E-state index is -1.11. The van der Waals surface area contributed by atoms with Crippen molar-refractivity contribution in [2.45, 2.75) is 40.2 Å². The van der Waals surface area contributed by atoms with Gasteiger partial charge in [-0.05, 0) is 24.5 Å².